The van der Waals surface area contributed by atoms with Crippen LogP contribution in [-0.2, 0) is 16.0 Å². The third kappa shape index (κ3) is 5.05. The summed E-state index contributed by atoms with van der Waals surface area (Å²) in [6, 6.07) is 17.2. The lowest BCUT2D eigenvalue weighted by molar-refractivity contribution is -0.119. The number of amides is 3. The molecule has 0 bridgehead atoms. The molecule has 7 heteroatoms. The first kappa shape index (κ1) is 24.9. The van der Waals surface area contributed by atoms with E-state index in [9.17, 15) is 19.2 Å². The SMILES string of the molecule is CCCCc1ccc(NC(=O)COC(=O)c2ccc3c(c2)C(=O)N(c2cccc(C)c2C)C3=O)cc1. The highest BCUT2D eigenvalue weighted by molar-refractivity contribution is 6.35. The Hall–Kier alpha value is -4.26. The van der Waals surface area contributed by atoms with Gasteiger partial charge in [0.1, 0.15) is 0 Å². The summed E-state index contributed by atoms with van der Waals surface area (Å²) in [5.41, 5.74) is 4.55. The standard InChI is InChI=1S/C29H28N2O5/c1-4-5-8-20-10-13-22(14-11-20)30-26(32)17-36-29(35)21-12-15-23-24(16-21)28(34)31(27(23)33)25-9-6-7-18(2)19(25)3/h6-7,9-16H,4-5,8,17H2,1-3H3,(H,30,32). The third-order valence-electron chi connectivity index (χ3n) is 6.33. The maximum absolute atomic E-state index is 13.1. The summed E-state index contributed by atoms with van der Waals surface area (Å²) in [6.07, 6.45) is 3.20. The highest BCUT2D eigenvalue weighted by Crippen LogP contribution is 2.32. The van der Waals surface area contributed by atoms with Crippen LogP contribution in [0.2, 0.25) is 0 Å². The number of fused-ring (bicyclic) bond motifs is 1. The van der Waals surface area contributed by atoms with Gasteiger partial charge in [-0.2, -0.15) is 0 Å². The van der Waals surface area contributed by atoms with Gasteiger partial charge in [0.05, 0.1) is 22.4 Å². The Morgan fingerprint density at radius 3 is 2.36 bits per heavy atom. The van der Waals surface area contributed by atoms with Crippen LogP contribution in [0, 0.1) is 13.8 Å². The van der Waals surface area contributed by atoms with Crippen molar-refractivity contribution in [1.82, 2.24) is 0 Å². The molecule has 0 saturated carbocycles. The molecule has 4 rings (SSSR count). The number of aryl methyl sites for hydroxylation is 2. The van der Waals surface area contributed by atoms with E-state index in [2.05, 4.69) is 12.2 Å². The molecule has 1 aliphatic heterocycles. The molecule has 1 N–H and O–H groups in total. The number of hydrogen-bond acceptors (Lipinski definition) is 5. The molecule has 7 nitrogen and oxygen atoms in total. The van der Waals surface area contributed by atoms with E-state index >= 15 is 0 Å². The average molecular weight is 485 g/mol. The number of unbranched alkanes of at least 4 members (excludes halogenated alkanes) is 1. The van der Waals surface area contributed by atoms with Crippen LogP contribution in [-0.4, -0.2) is 30.3 Å². The summed E-state index contributed by atoms with van der Waals surface area (Å²) in [5, 5.41) is 2.70. The molecule has 0 aromatic heterocycles. The largest absolute Gasteiger partial charge is 0.452 e. The van der Waals surface area contributed by atoms with Crippen molar-refractivity contribution in [3.8, 4) is 0 Å². The summed E-state index contributed by atoms with van der Waals surface area (Å²) < 4.78 is 5.15. The highest BCUT2D eigenvalue weighted by Gasteiger charge is 2.38. The normalized spacial score (nSPS) is 12.5. The monoisotopic (exact) mass is 484 g/mol. The minimum absolute atomic E-state index is 0.0887. The van der Waals surface area contributed by atoms with Crippen LogP contribution in [0.4, 0.5) is 11.4 Å². The van der Waals surface area contributed by atoms with Gasteiger partial charge in [0.15, 0.2) is 6.61 Å². The van der Waals surface area contributed by atoms with Gasteiger partial charge in [-0.1, -0.05) is 37.6 Å². The first-order valence-corrected chi connectivity index (χ1v) is 11.9. The molecule has 1 heterocycles. The quantitative estimate of drug-likeness (QED) is 0.349. The van der Waals surface area contributed by atoms with E-state index in [0.29, 0.717) is 11.4 Å². The maximum Gasteiger partial charge on any atom is 0.338 e. The third-order valence-corrected chi connectivity index (χ3v) is 6.33. The van der Waals surface area contributed by atoms with Crippen molar-refractivity contribution in [1.29, 1.82) is 0 Å². The zero-order valence-electron chi connectivity index (χ0n) is 20.6. The summed E-state index contributed by atoms with van der Waals surface area (Å²) in [7, 11) is 0. The molecular formula is C29H28N2O5. The van der Waals surface area contributed by atoms with Crippen molar-refractivity contribution in [2.24, 2.45) is 0 Å². The van der Waals surface area contributed by atoms with E-state index in [1.807, 2.05) is 44.2 Å². The van der Waals surface area contributed by atoms with Gasteiger partial charge >= 0.3 is 5.97 Å². The van der Waals surface area contributed by atoms with Crippen molar-refractivity contribution in [2.75, 3.05) is 16.8 Å². The number of rotatable bonds is 8. The Morgan fingerprint density at radius 1 is 0.917 bits per heavy atom. The molecule has 36 heavy (non-hydrogen) atoms. The number of carbonyl (C=O) groups excluding carboxylic acids is 4. The van der Waals surface area contributed by atoms with E-state index in [1.54, 1.807) is 12.1 Å². The minimum atomic E-state index is -0.756. The van der Waals surface area contributed by atoms with Gasteiger partial charge in [-0.05, 0) is 79.8 Å². The fourth-order valence-electron chi connectivity index (χ4n) is 4.11. The Labute approximate surface area is 210 Å². The first-order chi connectivity index (χ1) is 17.3. The topological polar surface area (TPSA) is 92.8 Å². The van der Waals surface area contributed by atoms with Crippen LogP contribution in [0.3, 0.4) is 0 Å². The number of carbonyl (C=O) groups is 4. The number of ether oxygens (including phenoxy) is 1. The zero-order valence-corrected chi connectivity index (χ0v) is 20.6. The summed E-state index contributed by atoms with van der Waals surface area (Å²) in [5.74, 6) is -2.17. The van der Waals surface area contributed by atoms with Gasteiger partial charge in [-0.15, -0.1) is 0 Å². The number of esters is 1. The Bertz CT molecular complexity index is 1340. The molecule has 0 fully saturated rings. The second-order valence-corrected chi connectivity index (χ2v) is 8.85. The Balaban J connectivity index is 1.40. The lowest BCUT2D eigenvalue weighted by Crippen LogP contribution is -2.30. The van der Waals surface area contributed by atoms with E-state index in [4.69, 9.17) is 4.74 Å². The van der Waals surface area contributed by atoms with Gasteiger partial charge < -0.3 is 10.1 Å². The van der Waals surface area contributed by atoms with Crippen molar-refractivity contribution < 1.29 is 23.9 Å². The molecule has 184 valence electrons. The van der Waals surface area contributed by atoms with E-state index in [-0.39, 0.29) is 16.7 Å². The number of anilines is 2. The van der Waals surface area contributed by atoms with Crippen molar-refractivity contribution in [3.05, 3.63) is 94.0 Å². The Kier molecular flexibility index (Phi) is 7.29. The second kappa shape index (κ2) is 10.6. The first-order valence-electron chi connectivity index (χ1n) is 11.9. The maximum atomic E-state index is 13.1. The molecule has 0 unspecified atom stereocenters. The van der Waals surface area contributed by atoms with Crippen molar-refractivity contribution in [2.45, 2.75) is 40.0 Å². The van der Waals surface area contributed by atoms with Crippen LogP contribution in [0.1, 0.15) is 67.5 Å². The van der Waals surface area contributed by atoms with Crippen LogP contribution in [0.25, 0.3) is 0 Å². The molecular weight excluding hydrogens is 456 g/mol. The Morgan fingerprint density at radius 2 is 1.64 bits per heavy atom. The van der Waals surface area contributed by atoms with Gasteiger partial charge in [0.25, 0.3) is 17.7 Å². The molecule has 0 atom stereocenters. The smallest absolute Gasteiger partial charge is 0.338 e. The van der Waals surface area contributed by atoms with Gasteiger partial charge in [-0.25, -0.2) is 9.69 Å². The molecule has 0 spiro atoms. The van der Waals surface area contributed by atoms with Gasteiger partial charge in [0.2, 0.25) is 0 Å². The predicted molar refractivity (Wildman–Crippen MR) is 137 cm³/mol. The van der Waals surface area contributed by atoms with Crippen molar-refractivity contribution in [3.63, 3.8) is 0 Å². The highest BCUT2D eigenvalue weighted by atomic mass is 16.5. The number of nitrogens with zero attached hydrogens (tertiary/aromatic N) is 1. The lowest BCUT2D eigenvalue weighted by Gasteiger charge is -2.17. The second-order valence-electron chi connectivity index (χ2n) is 8.85. The number of nitrogens with one attached hydrogen (secondary N) is 1. The summed E-state index contributed by atoms with van der Waals surface area (Å²) >= 11 is 0. The fraction of sp³-hybridized carbons (Fsp3) is 0.241. The molecule has 3 aromatic rings. The number of imide groups is 1. The van der Waals surface area contributed by atoms with Gasteiger partial charge in [0, 0.05) is 5.69 Å². The van der Waals surface area contributed by atoms with Crippen LogP contribution >= 0.6 is 0 Å². The van der Waals surface area contributed by atoms with Crippen molar-refractivity contribution >= 4 is 35.1 Å². The summed E-state index contributed by atoms with van der Waals surface area (Å²) in [4.78, 5) is 52.0. The fourth-order valence-corrected chi connectivity index (χ4v) is 4.11. The predicted octanol–water partition coefficient (Wildman–Crippen LogP) is 5.24. The molecule has 3 amide bonds. The average Bonchev–Trinajstić information content (AvgIpc) is 3.13. The minimum Gasteiger partial charge on any atom is -0.452 e. The molecule has 0 saturated heterocycles. The van der Waals surface area contributed by atoms with Crippen LogP contribution in [0.5, 0.6) is 0 Å². The summed E-state index contributed by atoms with van der Waals surface area (Å²) in [6.45, 7) is 5.42. The van der Waals surface area contributed by atoms with E-state index in [0.717, 1.165) is 35.3 Å². The number of benzene rings is 3. The van der Waals surface area contributed by atoms with Crippen LogP contribution in [0.15, 0.2) is 60.7 Å². The molecule has 1 aliphatic rings. The van der Waals surface area contributed by atoms with Gasteiger partial charge in [-0.3, -0.25) is 14.4 Å². The molecule has 3 aromatic carbocycles. The molecule has 0 radical (unpaired) electrons. The number of hydrogen-bond donors (Lipinski definition) is 1. The van der Waals surface area contributed by atoms with Crippen LogP contribution < -0.4 is 10.2 Å². The zero-order chi connectivity index (χ0) is 25.8. The lowest BCUT2D eigenvalue weighted by atomic mass is 10.1. The van der Waals surface area contributed by atoms with E-state index in [1.165, 1.54) is 23.8 Å². The molecule has 0 aliphatic carbocycles. The van der Waals surface area contributed by atoms with E-state index < -0.39 is 30.3 Å².